The van der Waals surface area contributed by atoms with Crippen LogP contribution in [-0.2, 0) is 9.53 Å². The number of benzene rings is 2. The highest BCUT2D eigenvalue weighted by molar-refractivity contribution is 14.1. The highest BCUT2D eigenvalue weighted by Gasteiger charge is 2.35. The molecule has 0 fully saturated rings. The topological polar surface area (TPSA) is 83.0 Å². The van der Waals surface area contributed by atoms with Crippen molar-refractivity contribution in [2.24, 2.45) is 4.99 Å². The van der Waals surface area contributed by atoms with Gasteiger partial charge in [0.05, 0.1) is 35.6 Å². The van der Waals surface area contributed by atoms with Crippen molar-refractivity contribution in [2.75, 3.05) is 13.7 Å². The van der Waals surface area contributed by atoms with Crippen molar-refractivity contribution in [1.29, 1.82) is 0 Å². The number of ether oxygens (including phenoxy) is 2. The summed E-state index contributed by atoms with van der Waals surface area (Å²) in [6.45, 7) is 1.95. The van der Waals surface area contributed by atoms with Gasteiger partial charge >= 0.3 is 5.97 Å². The van der Waals surface area contributed by atoms with Crippen molar-refractivity contribution in [2.45, 2.75) is 13.0 Å². The summed E-state index contributed by atoms with van der Waals surface area (Å²) in [5, 5.41) is 0. The number of nitrogens with zero attached hydrogens (tertiary/aromatic N) is 2. The Hall–Kier alpha value is -3.44. The fourth-order valence-electron chi connectivity index (χ4n) is 4.08. The molecule has 0 radical (unpaired) electrons. The molecule has 0 N–H and O–H groups in total. The standard InChI is InChI=1S/C27H21IN2O5S/c1-3-34-26(32)22-23(16-7-5-4-6-8-16)29-27-30(24(22)17-9-11-18(33-2)12-10-17)25(31)20(36-27)15-19-13-14-21(28)35-19/h4-15,24H,3H2,1-2H3/b20-15-/t24-/m1/s1. The van der Waals surface area contributed by atoms with E-state index < -0.39 is 12.0 Å². The van der Waals surface area contributed by atoms with Gasteiger partial charge in [0.2, 0.25) is 0 Å². The van der Waals surface area contributed by atoms with Crippen molar-refractivity contribution in [3.8, 4) is 5.75 Å². The predicted octanol–water partition coefficient (Wildman–Crippen LogP) is 4.14. The molecule has 7 nitrogen and oxygen atoms in total. The second kappa shape index (κ2) is 10.3. The Morgan fingerprint density at radius 3 is 2.53 bits per heavy atom. The molecule has 2 aromatic carbocycles. The van der Waals surface area contributed by atoms with E-state index in [2.05, 4.69) is 22.6 Å². The van der Waals surface area contributed by atoms with Gasteiger partial charge in [0, 0.05) is 11.6 Å². The number of hydrogen-bond donors (Lipinski definition) is 0. The Bertz CT molecular complexity index is 1630. The Morgan fingerprint density at radius 2 is 1.89 bits per heavy atom. The number of aromatic nitrogens is 1. The average Bonchev–Trinajstić information content (AvgIpc) is 3.45. The Morgan fingerprint density at radius 1 is 1.14 bits per heavy atom. The fraction of sp³-hybridized carbons (Fsp3) is 0.148. The van der Waals surface area contributed by atoms with Gasteiger partial charge in [0.25, 0.3) is 5.56 Å². The molecule has 4 aromatic rings. The number of furan rings is 1. The molecule has 0 saturated carbocycles. The van der Waals surface area contributed by atoms with Gasteiger partial charge in [-0.15, -0.1) is 0 Å². The van der Waals surface area contributed by atoms with Crippen LogP contribution in [0.15, 0.2) is 86.5 Å². The van der Waals surface area contributed by atoms with Crippen LogP contribution in [0.2, 0.25) is 0 Å². The number of esters is 1. The van der Waals surface area contributed by atoms with Crippen molar-refractivity contribution >= 4 is 51.7 Å². The van der Waals surface area contributed by atoms with Gasteiger partial charge in [-0.2, -0.15) is 0 Å². The van der Waals surface area contributed by atoms with Gasteiger partial charge in [0.1, 0.15) is 11.5 Å². The molecule has 0 amide bonds. The minimum Gasteiger partial charge on any atom is -0.497 e. The lowest BCUT2D eigenvalue weighted by Crippen LogP contribution is -2.40. The minimum absolute atomic E-state index is 0.196. The first-order valence-electron chi connectivity index (χ1n) is 11.2. The summed E-state index contributed by atoms with van der Waals surface area (Å²) in [5.74, 6) is 0.720. The Kier molecular flexibility index (Phi) is 6.92. The van der Waals surface area contributed by atoms with Gasteiger partial charge in [0.15, 0.2) is 8.57 Å². The van der Waals surface area contributed by atoms with Crippen LogP contribution in [0.25, 0.3) is 11.8 Å². The van der Waals surface area contributed by atoms with Gasteiger partial charge in [-0.05, 0) is 59.3 Å². The number of rotatable bonds is 6. The van der Waals surface area contributed by atoms with E-state index in [1.165, 1.54) is 11.3 Å². The highest BCUT2D eigenvalue weighted by Crippen LogP contribution is 2.35. The third kappa shape index (κ3) is 4.56. The van der Waals surface area contributed by atoms with Crippen LogP contribution in [0.5, 0.6) is 5.75 Å². The summed E-state index contributed by atoms with van der Waals surface area (Å²) in [6.07, 6.45) is 1.70. The van der Waals surface area contributed by atoms with Crippen molar-refractivity contribution in [3.05, 3.63) is 113 Å². The summed E-state index contributed by atoms with van der Waals surface area (Å²) in [5.41, 5.74) is 2.02. The number of hydrogen-bond acceptors (Lipinski definition) is 7. The Labute approximate surface area is 224 Å². The van der Waals surface area contributed by atoms with Crippen molar-refractivity contribution in [1.82, 2.24) is 4.57 Å². The second-order valence-electron chi connectivity index (χ2n) is 7.85. The third-order valence-corrected chi connectivity index (χ3v) is 7.24. The Balaban J connectivity index is 1.82. The van der Waals surface area contributed by atoms with E-state index in [0.717, 1.165) is 14.9 Å². The summed E-state index contributed by atoms with van der Waals surface area (Å²) >= 11 is 3.33. The third-order valence-electron chi connectivity index (χ3n) is 5.67. The number of carbonyl (C=O) groups is 1. The summed E-state index contributed by atoms with van der Waals surface area (Å²) in [6, 6.07) is 19.7. The summed E-state index contributed by atoms with van der Waals surface area (Å²) < 4.78 is 19.2. The first-order chi connectivity index (χ1) is 17.5. The molecule has 2 aromatic heterocycles. The van der Waals surface area contributed by atoms with E-state index in [1.807, 2.05) is 48.5 Å². The first kappa shape index (κ1) is 24.3. The highest BCUT2D eigenvalue weighted by atomic mass is 127. The first-order valence-corrected chi connectivity index (χ1v) is 13.1. The molecule has 3 heterocycles. The molecule has 0 aliphatic carbocycles. The lowest BCUT2D eigenvalue weighted by molar-refractivity contribution is -0.138. The number of carbonyl (C=O) groups excluding carboxylic acids is 1. The molecule has 0 saturated heterocycles. The molecule has 1 aliphatic heterocycles. The minimum atomic E-state index is -0.736. The quantitative estimate of drug-likeness (QED) is 0.242. The SMILES string of the molecule is CCOC(=O)C1=C(c2ccccc2)N=c2s/c(=C\c3ccc(I)o3)c(=O)n2[C@@H]1c1ccc(OC)cc1. The maximum absolute atomic E-state index is 13.7. The summed E-state index contributed by atoms with van der Waals surface area (Å²) in [7, 11) is 1.59. The van der Waals surface area contributed by atoms with Gasteiger partial charge in [-0.3, -0.25) is 9.36 Å². The van der Waals surface area contributed by atoms with Crippen LogP contribution in [0, 0.1) is 3.77 Å². The lowest BCUT2D eigenvalue weighted by atomic mass is 9.93. The zero-order valence-electron chi connectivity index (χ0n) is 19.4. The molecule has 5 rings (SSSR count). The molecule has 9 heteroatoms. The average molecular weight is 612 g/mol. The van der Waals surface area contributed by atoms with Crippen molar-refractivity contribution in [3.63, 3.8) is 0 Å². The monoisotopic (exact) mass is 612 g/mol. The van der Waals surface area contributed by atoms with Crippen LogP contribution >= 0.6 is 33.9 Å². The van der Waals surface area contributed by atoms with E-state index in [4.69, 9.17) is 18.9 Å². The number of thiazole rings is 1. The molecule has 1 aliphatic rings. The van der Waals surface area contributed by atoms with Crippen LogP contribution in [0.4, 0.5) is 0 Å². The van der Waals surface area contributed by atoms with Gasteiger partial charge in [-0.25, -0.2) is 9.79 Å². The second-order valence-corrected chi connectivity index (χ2v) is 9.92. The molecule has 0 unspecified atom stereocenters. The molecule has 0 spiro atoms. The molecular formula is C27H21IN2O5S. The van der Waals surface area contributed by atoms with Gasteiger partial charge < -0.3 is 13.9 Å². The molecule has 0 bridgehead atoms. The van der Waals surface area contributed by atoms with E-state index >= 15 is 0 Å². The summed E-state index contributed by atoms with van der Waals surface area (Å²) in [4.78, 5) is 32.5. The van der Waals surface area contributed by atoms with Crippen LogP contribution in [-0.4, -0.2) is 24.3 Å². The fourth-order valence-corrected chi connectivity index (χ4v) is 5.49. The number of halogens is 1. The van der Waals surface area contributed by atoms with E-state index in [9.17, 15) is 9.59 Å². The zero-order valence-corrected chi connectivity index (χ0v) is 22.4. The van der Waals surface area contributed by atoms with E-state index in [1.54, 1.807) is 42.9 Å². The zero-order chi connectivity index (χ0) is 25.2. The maximum Gasteiger partial charge on any atom is 0.338 e. The molecule has 1 atom stereocenters. The predicted molar refractivity (Wildman–Crippen MR) is 145 cm³/mol. The lowest BCUT2D eigenvalue weighted by Gasteiger charge is -2.26. The van der Waals surface area contributed by atoms with Crippen LogP contribution in [0.1, 0.15) is 29.9 Å². The normalized spacial score (nSPS) is 15.4. The van der Waals surface area contributed by atoms with Crippen molar-refractivity contribution < 1.29 is 18.7 Å². The number of methoxy groups -OCH3 is 1. The maximum atomic E-state index is 13.7. The van der Waals surface area contributed by atoms with E-state index in [0.29, 0.717) is 32.1 Å². The molecular weight excluding hydrogens is 591 g/mol. The number of fused-ring (bicyclic) bond motifs is 1. The molecule has 182 valence electrons. The van der Waals surface area contributed by atoms with E-state index in [-0.39, 0.29) is 12.2 Å². The largest absolute Gasteiger partial charge is 0.497 e. The van der Waals surface area contributed by atoms with Crippen LogP contribution in [0.3, 0.4) is 0 Å². The smallest absolute Gasteiger partial charge is 0.338 e. The molecule has 36 heavy (non-hydrogen) atoms. The van der Waals surface area contributed by atoms with Gasteiger partial charge in [-0.1, -0.05) is 53.8 Å². The van der Waals surface area contributed by atoms with Crippen LogP contribution < -0.4 is 19.6 Å².